The predicted molar refractivity (Wildman–Crippen MR) is 112 cm³/mol. The van der Waals surface area contributed by atoms with Crippen LogP contribution in [0.4, 0.5) is 5.82 Å². The average Bonchev–Trinajstić information content (AvgIpc) is 3.36. The van der Waals surface area contributed by atoms with Gasteiger partial charge in [-0.25, -0.2) is 9.67 Å². The zero-order chi connectivity index (χ0) is 19.5. The summed E-state index contributed by atoms with van der Waals surface area (Å²) in [5, 5.41) is 8.05. The normalized spacial score (nSPS) is 14.5. The number of hydrogen-bond acceptors (Lipinski definition) is 4. The van der Waals surface area contributed by atoms with E-state index in [-0.39, 0.29) is 5.56 Å². The van der Waals surface area contributed by atoms with Gasteiger partial charge in [-0.15, -0.1) is 0 Å². The molecule has 6 heteroatoms. The summed E-state index contributed by atoms with van der Waals surface area (Å²) in [5.41, 5.74) is 4.16. The van der Waals surface area contributed by atoms with Gasteiger partial charge in [0.25, 0.3) is 5.56 Å². The van der Waals surface area contributed by atoms with Crippen molar-refractivity contribution < 1.29 is 0 Å². The molecule has 1 fully saturated rings. The van der Waals surface area contributed by atoms with Crippen LogP contribution >= 0.6 is 0 Å². The largest absolute Gasteiger partial charge is 0.367 e. The average molecular weight is 377 g/mol. The lowest BCUT2D eigenvalue weighted by atomic mass is 10.1. The van der Waals surface area contributed by atoms with Crippen LogP contribution < -0.4 is 10.9 Å². The van der Waals surface area contributed by atoms with Gasteiger partial charge in [0.2, 0.25) is 0 Å². The van der Waals surface area contributed by atoms with E-state index in [4.69, 9.17) is 0 Å². The van der Waals surface area contributed by atoms with Gasteiger partial charge >= 0.3 is 0 Å². The molecule has 0 aromatic carbocycles. The lowest BCUT2D eigenvalue weighted by Crippen LogP contribution is -2.19. The molecule has 1 aliphatic carbocycles. The van der Waals surface area contributed by atoms with Crippen LogP contribution in [0.3, 0.4) is 0 Å². The van der Waals surface area contributed by atoms with E-state index in [2.05, 4.69) is 35.3 Å². The summed E-state index contributed by atoms with van der Waals surface area (Å²) in [6, 6.07) is 6.08. The fraction of sp³-hybridized carbons (Fsp3) is 0.409. The predicted octanol–water partition coefficient (Wildman–Crippen LogP) is 4.17. The van der Waals surface area contributed by atoms with Crippen LogP contribution in [-0.2, 0) is 6.54 Å². The van der Waals surface area contributed by atoms with E-state index in [1.54, 1.807) is 10.6 Å². The molecular formula is C22H27N5O. The van der Waals surface area contributed by atoms with Crippen LogP contribution in [0.1, 0.15) is 44.6 Å². The summed E-state index contributed by atoms with van der Waals surface area (Å²) in [5.74, 6) is 0.951. The molecule has 3 aromatic heterocycles. The van der Waals surface area contributed by atoms with Crippen LogP contribution in [0.15, 0.2) is 47.8 Å². The molecule has 0 bridgehead atoms. The topological polar surface area (TPSA) is 64.7 Å². The van der Waals surface area contributed by atoms with E-state index in [1.165, 1.54) is 31.2 Å². The van der Waals surface area contributed by atoms with Crippen molar-refractivity contribution in [3.05, 3.63) is 58.9 Å². The van der Waals surface area contributed by atoms with E-state index in [9.17, 15) is 4.79 Å². The Labute approximate surface area is 165 Å². The van der Waals surface area contributed by atoms with Crippen LogP contribution in [0.25, 0.3) is 16.8 Å². The van der Waals surface area contributed by atoms with E-state index < -0.39 is 0 Å². The lowest BCUT2D eigenvalue weighted by Gasteiger charge is -2.14. The third-order valence-corrected chi connectivity index (χ3v) is 5.41. The van der Waals surface area contributed by atoms with Crippen molar-refractivity contribution in [3.63, 3.8) is 0 Å². The SMILES string of the molecule is CCCn1cc(-n2cc(-c3cnc(NC4CCCC4)cc3C)cn2)ccc1=O. The zero-order valence-electron chi connectivity index (χ0n) is 16.6. The lowest BCUT2D eigenvalue weighted by molar-refractivity contribution is 0.648. The van der Waals surface area contributed by atoms with E-state index in [1.807, 2.05) is 35.5 Å². The molecule has 0 aliphatic heterocycles. The quantitative estimate of drug-likeness (QED) is 0.700. The molecule has 0 amide bonds. The highest BCUT2D eigenvalue weighted by Crippen LogP contribution is 2.26. The Morgan fingerprint density at radius 2 is 2.00 bits per heavy atom. The zero-order valence-corrected chi connectivity index (χ0v) is 16.6. The highest BCUT2D eigenvalue weighted by molar-refractivity contribution is 5.67. The van der Waals surface area contributed by atoms with Crippen LogP contribution in [-0.4, -0.2) is 25.4 Å². The highest BCUT2D eigenvalue weighted by atomic mass is 16.1. The molecule has 0 spiro atoms. The molecule has 0 saturated heterocycles. The summed E-state index contributed by atoms with van der Waals surface area (Å²) >= 11 is 0. The third kappa shape index (κ3) is 3.86. The first-order chi connectivity index (χ1) is 13.6. The van der Waals surface area contributed by atoms with Gasteiger partial charge in [-0.05, 0) is 43.9 Å². The van der Waals surface area contributed by atoms with Crippen molar-refractivity contribution in [1.29, 1.82) is 0 Å². The number of anilines is 1. The molecule has 0 radical (unpaired) electrons. The Balaban J connectivity index is 1.57. The first-order valence-electron chi connectivity index (χ1n) is 10.1. The first kappa shape index (κ1) is 18.5. The molecular weight excluding hydrogens is 350 g/mol. The molecule has 3 aromatic rings. The monoisotopic (exact) mass is 377 g/mol. The molecule has 6 nitrogen and oxygen atoms in total. The maximum absolute atomic E-state index is 11.9. The second-order valence-electron chi connectivity index (χ2n) is 7.60. The Hall–Kier alpha value is -2.89. The molecule has 1 aliphatic rings. The third-order valence-electron chi connectivity index (χ3n) is 5.41. The number of rotatable bonds is 6. The maximum Gasteiger partial charge on any atom is 0.250 e. The molecule has 1 saturated carbocycles. The molecule has 1 N–H and O–H groups in total. The number of nitrogens with zero attached hydrogens (tertiary/aromatic N) is 4. The summed E-state index contributed by atoms with van der Waals surface area (Å²) < 4.78 is 3.54. The smallest absolute Gasteiger partial charge is 0.250 e. The van der Waals surface area contributed by atoms with Crippen LogP contribution in [0.2, 0.25) is 0 Å². The first-order valence-corrected chi connectivity index (χ1v) is 10.1. The Bertz CT molecular complexity index is 1010. The minimum absolute atomic E-state index is 0.0170. The van der Waals surface area contributed by atoms with Gasteiger partial charge in [-0.2, -0.15) is 5.10 Å². The minimum atomic E-state index is 0.0170. The van der Waals surface area contributed by atoms with Gasteiger partial charge in [-0.3, -0.25) is 4.79 Å². The van der Waals surface area contributed by atoms with Crippen molar-refractivity contribution in [2.75, 3.05) is 5.32 Å². The molecule has 4 rings (SSSR count). The van der Waals surface area contributed by atoms with Crippen molar-refractivity contribution in [1.82, 2.24) is 19.3 Å². The second kappa shape index (κ2) is 8.00. The van der Waals surface area contributed by atoms with E-state index in [0.717, 1.165) is 29.1 Å². The van der Waals surface area contributed by atoms with Gasteiger partial charge in [-0.1, -0.05) is 19.8 Å². The Kier molecular flexibility index (Phi) is 5.28. The van der Waals surface area contributed by atoms with Crippen LogP contribution in [0.5, 0.6) is 0 Å². The van der Waals surface area contributed by atoms with Gasteiger partial charge in [0, 0.05) is 48.4 Å². The minimum Gasteiger partial charge on any atom is -0.367 e. The fourth-order valence-electron chi connectivity index (χ4n) is 3.89. The van der Waals surface area contributed by atoms with Gasteiger partial charge in [0.1, 0.15) is 5.82 Å². The highest BCUT2D eigenvalue weighted by Gasteiger charge is 2.15. The summed E-state index contributed by atoms with van der Waals surface area (Å²) in [7, 11) is 0. The molecule has 28 heavy (non-hydrogen) atoms. The Morgan fingerprint density at radius 1 is 1.18 bits per heavy atom. The number of aryl methyl sites for hydroxylation is 2. The van der Waals surface area contributed by atoms with E-state index >= 15 is 0 Å². The van der Waals surface area contributed by atoms with Crippen molar-refractivity contribution in [2.24, 2.45) is 0 Å². The van der Waals surface area contributed by atoms with Gasteiger partial charge in [0.05, 0.1) is 11.9 Å². The molecule has 0 unspecified atom stereocenters. The van der Waals surface area contributed by atoms with Crippen molar-refractivity contribution in [2.45, 2.75) is 58.5 Å². The second-order valence-corrected chi connectivity index (χ2v) is 7.60. The molecule has 146 valence electrons. The van der Waals surface area contributed by atoms with Crippen molar-refractivity contribution >= 4 is 5.82 Å². The van der Waals surface area contributed by atoms with E-state index in [0.29, 0.717) is 12.6 Å². The number of pyridine rings is 2. The van der Waals surface area contributed by atoms with Crippen LogP contribution in [0, 0.1) is 6.92 Å². The van der Waals surface area contributed by atoms with Gasteiger partial charge in [0.15, 0.2) is 0 Å². The summed E-state index contributed by atoms with van der Waals surface area (Å²) in [6.07, 6.45) is 13.6. The number of nitrogens with one attached hydrogen (secondary N) is 1. The summed E-state index contributed by atoms with van der Waals surface area (Å²) in [4.78, 5) is 16.6. The Morgan fingerprint density at radius 3 is 2.75 bits per heavy atom. The number of aromatic nitrogens is 4. The fourth-order valence-corrected chi connectivity index (χ4v) is 3.89. The maximum atomic E-state index is 11.9. The van der Waals surface area contributed by atoms with Crippen molar-refractivity contribution in [3.8, 4) is 16.8 Å². The standard InChI is InChI=1S/C22H27N5O/c1-3-10-26-15-19(8-9-22(26)28)27-14-17(12-24-27)20-13-23-21(11-16(20)2)25-18-6-4-5-7-18/h8-9,11-15,18H,3-7,10H2,1-2H3,(H,23,25). The van der Waals surface area contributed by atoms with Gasteiger partial charge < -0.3 is 9.88 Å². The molecule has 0 atom stereocenters. The summed E-state index contributed by atoms with van der Waals surface area (Å²) in [6.45, 7) is 4.88. The molecule has 3 heterocycles. The number of hydrogen-bond donors (Lipinski definition) is 1.